The van der Waals surface area contributed by atoms with Crippen LogP contribution >= 0.6 is 11.3 Å². The van der Waals surface area contributed by atoms with Crippen molar-refractivity contribution in [3.63, 3.8) is 0 Å². The van der Waals surface area contributed by atoms with Crippen LogP contribution in [-0.2, 0) is 27.4 Å². The molecule has 0 fully saturated rings. The standard InChI is InChI=1S/C31H29N3O6S/c1-19(39-16-20-9-3-2-4-10-20)28(30(36)37)34-29(35)26-18-41-27(33-26)15-32-31(38)40-17-25-23-13-7-5-11-21(23)22-12-6-8-14-24(22)25/h2-14,18-19,25,28H,15-17H2,1H3,(H,32,38)(H,34,35)(H,36,37)/t19-,28+/m1/s1. The second kappa shape index (κ2) is 12.8. The summed E-state index contributed by atoms with van der Waals surface area (Å²) in [5, 5.41) is 16.8. The zero-order valence-electron chi connectivity index (χ0n) is 22.3. The fourth-order valence-electron chi connectivity index (χ4n) is 4.79. The molecule has 1 aliphatic carbocycles. The van der Waals surface area contributed by atoms with E-state index in [2.05, 4.69) is 39.9 Å². The Kier molecular flexibility index (Phi) is 8.71. The van der Waals surface area contributed by atoms with E-state index in [0.29, 0.717) is 5.01 Å². The number of carbonyl (C=O) groups is 3. The van der Waals surface area contributed by atoms with Crippen LogP contribution in [0.3, 0.4) is 0 Å². The van der Waals surface area contributed by atoms with Gasteiger partial charge in [-0.25, -0.2) is 14.6 Å². The van der Waals surface area contributed by atoms with Crippen molar-refractivity contribution in [2.45, 2.75) is 38.1 Å². The number of hydrogen-bond acceptors (Lipinski definition) is 7. The molecule has 10 heteroatoms. The molecule has 3 N–H and O–H groups in total. The number of thiazole rings is 1. The first-order valence-corrected chi connectivity index (χ1v) is 14.0. The smallest absolute Gasteiger partial charge is 0.407 e. The highest BCUT2D eigenvalue weighted by Crippen LogP contribution is 2.44. The topological polar surface area (TPSA) is 127 Å². The minimum absolute atomic E-state index is 0.0513. The van der Waals surface area contributed by atoms with E-state index in [1.54, 1.807) is 6.92 Å². The van der Waals surface area contributed by atoms with E-state index < -0.39 is 30.1 Å². The number of rotatable bonds is 11. The summed E-state index contributed by atoms with van der Waals surface area (Å²) in [5.74, 6) is -1.91. The molecule has 3 aromatic carbocycles. The van der Waals surface area contributed by atoms with Gasteiger partial charge in [0.2, 0.25) is 0 Å². The lowest BCUT2D eigenvalue weighted by molar-refractivity contribution is -0.143. The number of carboxylic acid groups (broad SMARTS) is 1. The van der Waals surface area contributed by atoms with Crippen LogP contribution in [0.1, 0.15) is 45.0 Å². The highest BCUT2D eigenvalue weighted by Gasteiger charge is 2.30. The fourth-order valence-corrected chi connectivity index (χ4v) is 5.50. The Morgan fingerprint density at radius 2 is 1.59 bits per heavy atom. The van der Waals surface area contributed by atoms with Crippen molar-refractivity contribution in [3.05, 3.63) is 112 Å². The molecule has 2 atom stereocenters. The summed E-state index contributed by atoms with van der Waals surface area (Å²) in [5.41, 5.74) is 5.48. The van der Waals surface area contributed by atoms with E-state index in [1.807, 2.05) is 54.6 Å². The average Bonchev–Trinajstić information content (AvgIpc) is 3.60. The van der Waals surface area contributed by atoms with Gasteiger partial charge in [-0.05, 0) is 34.7 Å². The first-order chi connectivity index (χ1) is 19.9. The largest absolute Gasteiger partial charge is 0.480 e. The van der Waals surface area contributed by atoms with Gasteiger partial charge in [-0.2, -0.15) is 0 Å². The zero-order chi connectivity index (χ0) is 28.8. The van der Waals surface area contributed by atoms with Gasteiger partial charge in [0, 0.05) is 11.3 Å². The number of benzene rings is 3. The third-order valence-electron chi connectivity index (χ3n) is 6.89. The Labute approximate surface area is 241 Å². The van der Waals surface area contributed by atoms with Gasteiger partial charge in [0.1, 0.15) is 17.3 Å². The van der Waals surface area contributed by atoms with Crippen LogP contribution in [0.4, 0.5) is 4.79 Å². The molecule has 0 saturated heterocycles. The Morgan fingerprint density at radius 1 is 0.951 bits per heavy atom. The molecular weight excluding hydrogens is 542 g/mol. The molecule has 0 radical (unpaired) electrons. The highest BCUT2D eigenvalue weighted by molar-refractivity contribution is 7.09. The second-order valence-corrected chi connectivity index (χ2v) is 10.5. The number of aliphatic carboxylic acids is 1. The molecule has 0 spiro atoms. The summed E-state index contributed by atoms with van der Waals surface area (Å²) >= 11 is 1.18. The van der Waals surface area contributed by atoms with Gasteiger partial charge in [-0.3, -0.25) is 4.79 Å². The van der Waals surface area contributed by atoms with Crippen LogP contribution < -0.4 is 10.6 Å². The normalized spacial score (nSPS) is 13.5. The van der Waals surface area contributed by atoms with E-state index in [0.717, 1.165) is 27.8 Å². The molecule has 41 heavy (non-hydrogen) atoms. The quantitative estimate of drug-likeness (QED) is 0.232. The lowest BCUT2D eigenvalue weighted by Crippen LogP contribution is -2.48. The number of carboxylic acids is 1. The van der Waals surface area contributed by atoms with Crippen molar-refractivity contribution in [3.8, 4) is 11.1 Å². The molecular formula is C31H29N3O6S. The maximum Gasteiger partial charge on any atom is 0.407 e. The lowest BCUT2D eigenvalue weighted by atomic mass is 9.98. The molecule has 1 aromatic heterocycles. The van der Waals surface area contributed by atoms with Gasteiger partial charge >= 0.3 is 12.1 Å². The van der Waals surface area contributed by atoms with E-state index in [4.69, 9.17) is 9.47 Å². The van der Waals surface area contributed by atoms with Crippen LogP contribution in [0, 0.1) is 0 Å². The molecule has 1 aliphatic rings. The van der Waals surface area contributed by atoms with E-state index in [9.17, 15) is 19.5 Å². The summed E-state index contributed by atoms with van der Waals surface area (Å²) in [6, 6.07) is 24.3. The van der Waals surface area contributed by atoms with Crippen LogP contribution in [0.2, 0.25) is 0 Å². The number of alkyl carbamates (subject to hydrolysis) is 1. The number of hydrogen-bond donors (Lipinski definition) is 3. The first-order valence-electron chi connectivity index (χ1n) is 13.1. The van der Waals surface area contributed by atoms with Gasteiger partial charge in [0.15, 0.2) is 6.04 Å². The molecule has 0 bridgehead atoms. The number of nitrogens with one attached hydrogen (secondary N) is 2. The molecule has 4 aromatic rings. The van der Waals surface area contributed by atoms with Gasteiger partial charge < -0.3 is 25.2 Å². The fraction of sp³-hybridized carbons (Fsp3) is 0.226. The van der Waals surface area contributed by atoms with Crippen molar-refractivity contribution < 1.29 is 29.0 Å². The Bertz CT molecular complexity index is 1490. The summed E-state index contributed by atoms with van der Waals surface area (Å²) in [6.07, 6.45) is -1.38. The molecule has 0 saturated carbocycles. The number of nitrogens with zero attached hydrogens (tertiary/aromatic N) is 1. The monoisotopic (exact) mass is 571 g/mol. The van der Waals surface area contributed by atoms with Gasteiger partial charge in [-0.15, -0.1) is 11.3 Å². The molecule has 1 heterocycles. The third-order valence-corrected chi connectivity index (χ3v) is 7.74. The maximum absolute atomic E-state index is 12.7. The number of amides is 2. The minimum Gasteiger partial charge on any atom is -0.480 e. The Morgan fingerprint density at radius 3 is 2.24 bits per heavy atom. The average molecular weight is 572 g/mol. The van der Waals surface area contributed by atoms with Gasteiger partial charge in [-0.1, -0.05) is 78.9 Å². The van der Waals surface area contributed by atoms with Crippen LogP contribution in [0.25, 0.3) is 11.1 Å². The van der Waals surface area contributed by atoms with Crippen molar-refractivity contribution in [1.82, 2.24) is 15.6 Å². The van der Waals surface area contributed by atoms with Gasteiger partial charge in [0.25, 0.3) is 5.91 Å². The molecule has 9 nitrogen and oxygen atoms in total. The Hall–Kier alpha value is -4.54. The van der Waals surface area contributed by atoms with Crippen molar-refractivity contribution in [2.24, 2.45) is 0 Å². The summed E-state index contributed by atoms with van der Waals surface area (Å²) in [7, 11) is 0. The summed E-state index contributed by atoms with van der Waals surface area (Å²) < 4.78 is 11.2. The summed E-state index contributed by atoms with van der Waals surface area (Å²) in [6.45, 7) is 2.05. The number of fused-ring (bicyclic) bond motifs is 3. The molecule has 0 aliphatic heterocycles. The van der Waals surface area contributed by atoms with Gasteiger partial charge in [0.05, 0.1) is 19.3 Å². The highest BCUT2D eigenvalue weighted by atomic mass is 32.1. The molecule has 210 valence electrons. The summed E-state index contributed by atoms with van der Waals surface area (Å²) in [4.78, 5) is 41.3. The van der Waals surface area contributed by atoms with Crippen molar-refractivity contribution in [1.29, 1.82) is 0 Å². The predicted octanol–water partition coefficient (Wildman–Crippen LogP) is 4.97. The van der Waals surface area contributed by atoms with Crippen molar-refractivity contribution in [2.75, 3.05) is 6.61 Å². The van der Waals surface area contributed by atoms with E-state index >= 15 is 0 Å². The van der Waals surface area contributed by atoms with Crippen molar-refractivity contribution >= 4 is 29.3 Å². The second-order valence-electron chi connectivity index (χ2n) is 9.60. The van der Waals surface area contributed by atoms with E-state index in [-0.39, 0.29) is 31.4 Å². The number of carbonyl (C=O) groups excluding carboxylic acids is 2. The Balaban J connectivity index is 1.11. The predicted molar refractivity (Wildman–Crippen MR) is 154 cm³/mol. The first kappa shape index (κ1) is 28.0. The lowest BCUT2D eigenvalue weighted by Gasteiger charge is -2.21. The maximum atomic E-state index is 12.7. The number of aromatic nitrogens is 1. The molecule has 2 amide bonds. The SMILES string of the molecule is C[C@@H](OCc1ccccc1)[C@H](NC(=O)c1csc(CNC(=O)OCC2c3ccccc3-c3ccccc32)n1)C(=O)O. The molecule has 5 rings (SSSR count). The minimum atomic E-state index is -1.27. The zero-order valence-corrected chi connectivity index (χ0v) is 23.1. The van der Waals surface area contributed by atoms with Crippen LogP contribution in [-0.4, -0.2) is 46.8 Å². The van der Waals surface area contributed by atoms with E-state index in [1.165, 1.54) is 16.7 Å². The third kappa shape index (κ3) is 6.62. The van der Waals surface area contributed by atoms with Crippen LogP contribution in [0.5, 0.6) is 0 Å². The van der Waals surface area contributed by atoms with Crippen LogP contribution in [0.15, 0.2) is 84.2 Å². The number of ether oxygens (including phenoxy) is 2. The molecule has 0 unspecified atom stereocenters.